The molecule has 1 unspecified atom stereocenters. The molecule has 4 nitrogen and oxygen atoms in total. The van der Waals surface area contributed by atoms with Crippen LogP contribution in [0, 0.1) is 0 Å². The van der Waals surface area contributed by atoms with Crippen LogP contribution in [0.25, 0.3) is 71.8 Å². The van der Waals surface area contributed by atoms with Crippen molar-refractivity contribution in [1.82, 2.24) is 9.55 Å². The zero-order valence-corrected chi connectivity index (χ0v) is 24.3. The highest BCUT2D eigenvalue weighted by Gasteiger charge is 2.66. The number of rotatable bonds is 1. The number of hydrogen-bond donors (Lipinski definition) is 1. The van der Waals surface area contributed by atoms with E-state index < -0.39 is 5.66 Å². The molecule has 2 aliphatic heterocycles. The van der Waals surface area contributed by atoms with E-state index in [1.54, 1.807) is 0 Å². The fraction of sp³-hybridized carbons (Fsp3) is 0.0244. The smallest absolute Gasteiger partial charge is 0.350 e. The van der Waals surface area contributed by atoms with Crippen LogP contribution in [0.15, 0.2) is 152 Å². The summed E-state index contributed by atoms with van der Waals surface area (Å²) in [5.74, 6) is 0. The second kappa shape index (κ2) is 8.13. The first-order valence-electron chi connectivity index (χ1n) is 15.5. The monoisotopic (exact) mass is 574 g/mol. The molecule has 45 heavy (non-hydrogen) atoms. The fourth-order valence-corrected chi connectivity index (χ4v) is 8.44. The van der Waals surface area contributed by atoms with Gasteiger partial charge in [0.1, 0.15) is 16.6 Å². The number of aromatic amines is 1. The van der Waals surface area contributed by atoms with Gasteiger partial charge >= 0.3 is 5.66 Å². The molecule has 1 spiro atoms. The Kier molecular flexibility index (Phi) is 4.24. The van der Waals surface area contributed by atoms with Gasteiger partial charge in [0.05, 0.1) is 22.2 Å². The van der Waals surface area contributed by atoms with Gasteiger partial charge < -0.3 is 9.55 Å². The molecule has 0 fully saturated rings. The van der Waals surface area contributed by atoms with E-state index in [1.807, 2.05) is 0 Å². The number of nitrogens with one attached hydrogen (secondary N) is 1. The molecule has 4 heteroatoms. The lowest BCUT2D eigenvalue weighted by Gasteiger charge is -2.17. The van der Waals surface area contributed by atoms with Gasteiger partial charge in [-0.1, -0.05) is 60.7 Å². The third-order valence-electron chi connectivity index (χ3n) is 10.2. The van der Waals surface area contributed by atoms with E-state index in [4.69, 9.17) is 0 Å². The molecule has 0 bridgehead atoms. The lowest BCUT2D eigenvalue weighted by atomic mass is 9.90. The van der Waals surface area contributed by atoms with Crippen molar-refractivity contribution in [3.63, 3.8) is 0 Å². The maximum atomic E-state index is 3.86. The second-order valence-corrected chi connectivity index (χ2v) is 12.3. The molecule has 6 heterocycles. The van der Waals surface area contributed by atoms with Gasteiger partial charge in [-0.25, -0.2) is 0 Å². The third-order valence-corrected chi connectivity index (χ3v) is 10.2. The molecule has 0 amide bonds. The Morgan fingerprint density at radius 3 is 2.02 bits per heavy atom. The predicted molar refractivity (Wildman–Crippen MR) is 179 cm³/mol. The summed E-state index contributed by atoms with van der Waals surface area (Å²) in [6.45, 7) is 0. The SMILES string of the molecule is c1ccc(-n2c3ccccc3c3cc4c(cc32)[nH]c2c[n+]3c(cc24)-c2ccccc2C32c3ccccc3-c3cccc[n+]32)cc1. The van der Waals surface area contributed by atoms with E-state index in [-0.39, 0.29) is 0 Å². The van der Waals surface area contributed by atoms with Crippen LogP contribution in [0.2, 0.25) is 0 Å². The Labute approximate surface area is 258 Å². The average molecular weight is 575 g/mol. The molecule has 208 valence electrons. The van der Waals surface area contributed by atoms with Crippen LogP contribution in [-0.4, -0.2) is 9.55 Å². The number of para-hydroxylation sites is 2. The van der Waals surface area contributed by atoms with Crippen molar-refractivity contribution in [2.75, 3.05) is 0 Å². The summed E-state index contributed by atoms with van der Waals surface area (Å²) in [6.07, 6.45) is 4.59. The molecule has 1 N–H and O–H groups in total. The normalized spacial score (nSPS) is 16.1. The molecule has 2 aliphatic rings. The van der Waals surface area contributed by atoms with Crippen molar-refractivity contribution >= 4 is 43.6 Å². The lowest BCUT2D eigenvalue weighted by molar-refractivity contribution is -0.954. The highest BCUT2D eigenvalue weighted by molar-refractivity contribution is 6.18. The Hall–Kier alpha value is -6.00. The van der Waals surface area contributed by atoms with Crippen molar-refractivity contribution in [1.29, 1.82) is 0 Å². The molecule has 5 aromatic carbocycles. The van der Waals surface area contributed by atoms with E-state index in [0.717, 1.165) is 11.0 Å². The minimum absolute atomic E-state index is 0.505. The molecule has 1 atom stereocenters. The van der Waals surface area contributed by atoms with Gasteiger partial charge in [0.25, 0.3) is 0 Å². The minimum atomic E-state index is -0.505. The van der Waals surface area contributed by atoms with Gasteiger partial charge in [-0.3, -0.25) is 0 Å². The van der Waals surface area contributed by atoms with E-state index in [1.165, 1.54) is 71.9 Å². The standard InChI is InChI=1S/C41H25N4/c1-2-12-26(13-3-1)45-38-20-9-6-14-27(38)32-22-30-31-23-39-29-16-5-8-18-34(29)41(44(39)25-36(31)42-35(30)24-40(32)45)33-17-7-4-15-28(33)37-19-10-11-21-43(37)41/h1-25H/q+1/p+1. The van der Waals surface area contributed by atoms with E-state index in [9.17, 15) is 0 Å². The van der Waals surface area contributed by atoms with E-state index >= 15 is 0 Å². The summed E-state index contributed by atoms with van der Waals surface area (Å²) in [7, 11) is 0. The van der Waals surface area contributed by atoms with Gasteiger partial charge in [-0.05, 0) is 60.7 Å². The van der Waals surface area contributed by atoms with Gasteiger partial charge in [0, 0.05) is 50.9 Å². The van der Waals surface area contributed by atoms with Crippen LogP contribution in [0.1, 0.15) is 11.1 Å². The molecular weight excluding hydrogens is 548 g/mol. The van der Waals surface area contributed by atoms with Gasteiger partial charge in [-0.15, -0.1) is 9.13 Å². The Balaban J connectivity index is 1.26. The Bertz CT molecular complexity index is 2670. The van der Waals surface area contributed by atoms with Crippen LogP contribution in [0.3, 0.4) is 0 Å². The maximum Gasteiger partial charge on any atom is 0.417 e. The van der Waals surface area contributed by atoms with Gasteiger partial charge in [0.2, 0.25) is 17.6 Å². The first kappa shape index (κ1) is 23.5. The second-order valence-electron chi connectivity index (χ2n) is 12.3. The molecule has 0 radical (unpaired) electrons. The summed E-state index contributed by atoms with van der Waals surface area (Å²) in [4.78, 5) is 3.86. The summed E-state index contributed by atoms with van der Waals surface area (Å²) in [5.41, 5.74) is 13.0. The quantitative estimate of drug-likeness (QED) is 0.191. The summed E-state index contributed by atoms with van der Waals surface area (Å²) in [6, 6.07) is 50.9. The zero-order valence-electron chi connectivity index (χ0n) is 24.3. The fourth-order valence-electron chi connectivity index (χ4n) is 8.44. The van der Waals surface area contributed by atoms with Gasteiger partial charge in [0.15, 0.2) is 6.20 Å². The summed E-state index contributed by atoms with van der Waals surface area (Å²) < 4.78 is 7.35. The Morgan fingerprint density at radius 2 is 1.18 bits per heavy atom. The van der Waals surface area contributed by atoms with Crippen LogP contribution >= 0.6 is 0 Å². The molecule has 9 aromatic rings. The minimum Gasteiger partial charge on any atom is -0.350 e. The maximum absolute atomic E-state index is 3.86. The highest BCUT2D eigenvalue weighted by Crippen LogP contribution is 2.47. The lowest BCUT2D eigenvalue weighted by Crippen LogP contribution is -2.71. The molecular formula is C41H26N4+2. The summed E-state index contributed by atoms with van der Waals surface area (Å²) in [5, 5.41) is 5.02. The van der Waals surface area contributed by atoms with Crippen molar-refractivity contribution in [2.45, 2.75) is 5.66 Å². The third kappa shape index (κ3) is 2.74. The number of H-pyrrole nitrogens is 1. The van der Waals surface area contributed by atoms with Crippen LogP contribution in [0.5, 0.6) is 0 Å². The van der Waals surface area contributed by atoms with Gasteiger partial charge in [-0.2, -0.15) is 0 Å². The van der Waals surface area contributed by atoms with Crippen molar-refractivity contribution in [3.05, 3.63) is 163 Å². The van der Waals surface area contributed by atoms with E-state index in [0.29, 0.717) is 0 Å². The van der Waals surface area contributed by atoms with Crippen molar-refractivity contribution in [3.8, 4) is 28.2 Å². The molecule has 0 saturated carbocycles. The molecule has 0 aliphatic carbocycles. The van der Waals surface area contributed by atoms with Crippen molar-refractivity contribution in [2.24, 2.45) is 0 Å². The first-order chi connectivity index (χ1) is 22.3. The number of hydrogen-bond acceptors (Lipinski definition) is 0. The first-order valence-corrected chi connectivity index (χ1v) is 15.5. The largest absolute Gasteiger partial charge is 0.417 e. The average Bonchev–Trinajstić information content (AvgIpc) is 3.80. The molecule has 0 saturated heterocycles. The van der Waals surface area contributed by atoms with Crippen molar-refractivity contribution < 1.29 is 9.13 Å². The number of benzene rings is 5. The number of nitrogens with zero attached hydrogens (tertiary/aromatic N) is 3. The number of pyridine rings is 2. The predicted octanol–water partition coefficient (Wildman–Crippen LogP) is 8.25. The van der Waals surface area contributed by atoms with Crippen LogP contribution in [0.4, 0.5) is 0 Å². The molecule has 4 aromatic heterocycles. The van der Waals surface area contributed by atoms with E-state index in [2.05, 4.69) is 171 Å². The summed E-state index contributed by atoms with van der Waals surface area (Å²) >= 11 is 0. The molecule has 11 rings (SSSR count). The zero-order chi connectivity index (χ0) is 29.3. The Morgan fingerprint density at radius 1 is 0.489 bits per heavy atom. The topological polar surface area (TPSA) is 28.5 Å². The van der Waals surface area contributed by atoms with Crippen LogP contribution in [-0.2, 0) is 5.66 Å². The highest BCUT2D eigenvalue weighted by atomic mass is 15.3. The van der Waals surface area contributed by atoms with Crippen LogP contribution < -0.4 is 9.13 Å². The number of aromatic nitrogens is 4. The number of fused-ring (bicyclic) bond motifs is 16.